The van der Waals surface area contributed by atoms with Gasteiger partial charge in [-0.25, -0.2) is 0 Å². The summed E-state index contributed by atoms with van der Waals surface area (Å²) in [4.78, 5) is 0. The Morgan fingerprint density at radius 1 is 0.241 bits per heavy atom. The van der Waals surface area contributed by atoms with Crippen molar-refractivity contribution in [2.24, 2.45) is 0 Å². The fourth-order valence-electron chi connectivity index (χ4n) is 7.20. The summed E-state index contributed by atoms with van der Waals surface area (Å²) in [6.07, 6.45) is 2.95. The Hall–Kier alpha value is -4.95. The zero-order valence-corrected chi connectivity index (χ0v) is 33.0. The van der Waals surface area contributed by atoms with Crippen molar-refractivity contribution in [3.05, 3.63) is 241 Å². The van der Waals surface area contributed by atoms with Crippen LogP contribution in [0.4, 0.5) is 0 Å². The van der Waals surface area contributed by atoms with Crippen molar-refractivity contribution in [3.63, 3.8) is 0 Å². The van der Waals surface area contributed by atoms with Crippen LogP contribution in [0, 0.1) is 0 Å². The van der Waals surface area contributed by atoms with Crippen molar-refractivity contribution in [3.8, 4) is 11.1 Å². The molecule has 8 aromatic carbocycles. The highest BCUT2D eigenvalue weighted by atomic mass is 31.1. The van der Waals surface area contributed by atoms with Crippen LogP contribution in [-0.4, -0.2) is 0 Å². The normalized spacial score (nSPS) is 11.3. The fraction of sp³-hybridized carbons (Fsp3) is 0.0588. The molecule has 8 aromatic rings. The van der Waals surface area contributed by atoms with Gasteiger partial charge in [-0.15, -0.1) is 0 Å². The molecule has 0 unspecified atom stereocenters. The summed E-state index contributed by atoms with van der Waals surface area (Å²) >= 11 is 0. The summed E-state index contributed by atoms with van der Waals surface area (Å²) in [6.45, 7) is 0. The first-order valence-corrected chi connectivity index (χ1v) is 23.2. The molecule has 0 heterocycles. The average Bonchev–Trinajstić information content (AvgIpc) is 3.26. The van der Waals surface area contributed by atoms with Crippen molar-refractivity contribution < 1.29 is 0 Å². The molecule has 0 aliphatic rings. The zero-order chi connectivity index (χ0) is 36.4. The lowest BCUT2D eigenvalue weighted by molar-refractivity contribution is 1.31. The molecule has 0 aliphatic carbocycles. The molecule has 0 bridgehead atoms. The lowest BCUT2D eigenvalue weighted by Crippen LogP contribution is -2.14. The number of rotatable bonds is 13. The molecule has 0 atom stereocenters. The quantitative estimate of drug-likeness (QED) is 0.103. The van der Waals surface area contributed by atoms with Crippen molar-refractivity contribution in [2.75, 3.05) is 0 Å². The van der Waals surface area contributed by atoms with Crippen LogP contribution in [0.2, 0.25) is 0 Å². The van der Waals surface area contributed by atoms with E-state index in [4.69, 9.17) is 0 Å². The summed E-state index contributed by atoms with van der Waals surface area (Å²) in [5.74, 6) is 0. The summed E-state index contributed by atoms with van der Waals surface area (Å²) in [7, 11) is -1.81. The highest BCUT2D eigenvalue weighted by molar-refractivity contribution is 7.73. The number of hydrogen-bond acceptors (Lipinski definition) is 0. The topological polar surface area (TPSA) is 0 Å². The Kier molecular flexibility index (Phi) is 12.0. The first-order valence-electron chi connectivity index (χ1n) is 18.6. The zero-order valence-electron chi connectivity index (χ0n) is 30.3. The Labute approximate surface area is 324 Å². The summed E-state index contributed by atoms with van der Waals surface area (Å²) in [5.41, 5.74) is 6.94. The van der Waals surface area contributed by atoms with Crippen LogP contribution >= 0.6 is 23.8 Å². The second kappa shape index (κ2) is 17.9. The Morgan fingerprint density at radius 2 is 0.537 bits per heavy atom. The number of benzene rings is 8. The summed E-state index contributed by atoms with van der Waals surface area (Å²) < 4.78 is 0. The van der Waals surface area contributed by atoms with Crippen molar-refractivity contribution in [1.29, 1.82) is 0 Å². The highest BCUT2D eigenvalue weighted by Crippen LogP contribution is 2.46. The van der Waals surface area contributed by atoms with E-state index >= 15 is 0 Å². The van der Waals surface area contributed by atoms with Gasteiger partial charge in [-0.05, 0) is 83.4 Å². The third-order valence-corrected chi connectivity index (χ3v) is 17.4. The second-order valence-corrected chi connectivity index (χ2v) is 20.0. The molecule has 0 nitrogen and oxygen atoms in total. The number of hydrogen-bond donors (Lipinski definition) is 0. The minimum atomic E-state index is -0.623. The van der Waals surface area contributed by atoms with Gasteiger partial charge in [-0.1, -0.05) is 224 Å². The smallest absolute Gasteiger partial charge is 0.00136 e. The molecule has 0 N–H and O–H groups in total. The van der Waals surface area contributed by atoms with Gasteiger partial charge < -0.3 is 0 Å². The molecule has 0 spiro atoms. The van der Waals surface area contributed by atoms with E-state index in [1.807, 2.05) is 0 Å². The molecule has 3 heteroatoms. The molecule has 0 saturated heterocycles. The first-order chi connectivity index (χ1) is 26.8. The van der Waals surface area contributed by atoms with E-state index in [1.54, 1.807) is 0 Å². The summed E-state index contributed by atoms with van der Waals surface area (Å²) in [6, 6.07) is 83.5. The van der Waals surface area contributed by atoms with Crippen LogP contribution in [0.25, 0.3) is 11.1 Å². The van der Waals surface area contributed by atoms with Gasteiger partial charge >= 0.3 is 0 Å². The van der Waals surface area contributed by atoms with E-state index < -0.39 is 23.8 Å². The fourth-order valence-corrected chi connectivity index (χ4v) is 14.2. The molecular weight excluding hydrogens is 705 g/mol. The predicted octanol–water partition coefficient (Wildman–Crippen LogP) is 11.3. The van der Waals surface area contributed by atoms with Gasteiger partial charge in [0.25, 0.3) is 0 Å². The van der Waals surface area contributed by atoms with Crippen LogP contribution in [0.5, 0.6) is 0 Å². The monoisotopic (exact) mass is 748 g/mol. The van der Waals surface area contributed by atoms with Gasteiger partial charge in [0.15, 0.2) is 0 Å². The van der Waals surface area contributed by atoms with Crippen LogP contribution in [0.3, 0.4) is 0 Å². The predicted molar refractivity (Wildman–Crippen MR) is 240 cm³/mol. The van der Waals surface area contributed by atoms with Crippen LogP contribution in [0.1, 0.15) is 16.7 Å². The van der Waals surface area contributed by atoms with Crippen molar-refractivity contribution >= 4 is 55.6 Å². The molecule has 262 valence electrons. The van der Waals surface area contributed by atoms with Crippen LogP contribution < -0.4 is 31.8 Å². The first kappa shape index (κ1) is 36.0. The Balaban J connectivity index is 1.26. The molecule has 0 saturated carbocycles. The van der Waals surface area contributed by atoms with Crippen LogP contribution in [-0.2, 0) is 18.5 Å². The lowest BCUT2D eigenvalue weighted by Gasteiger charge is -2.25. The molecule has 0 amide bonds. The minimum absolute atomic E-state index is 0.582. The highest BCUT2D eigenvalue weighted by Gasteiger charge is 2.22. The van der Waals surface area contributed by atoms with E-state index in [2.05, 4.69) is 224 Å². The minimum Gasteiger partial charge on any atom is -0.0622 e. The van der Waals surface area contributed by atoms with Gasteiger partial charge in [0.2, 0.25) is 0 Å². The molecule has 0 aromatic heterocycles. The maximum atomic E-state index is 2.55. The molecule has 0 fully saturated rings. The van der Waals surface area contributed by atoms with Gasteiger partial charge in [-0.2, -0.15) is 0 Å². The lowest BCUT2D eigenvalue weighted by atomic mass is 9.95. The summed E-state index contributed by atoms with van der Waals surface area (Å²) in [5, 5.41) is 8.48. The second-order valence-electron chi connectivity index (χ2n) is 13.4. The molecule has 54 heavy (non-hydrogen) atoms. The van der Waals surface area contributed by atoms with E-state index in [9.17, 15) is 0 Å². The maximum Gasteiger partial charge on any atom is 0.00136 e. The molecule has 0 radical (unpaired) electrons. The van der Waals surface area contributed by atoms with E-state index in [0.29, 0.717) is 0 Å². The largest absolute Gasteiger partial charge is 0.0622 e. The van der Waals surface area contributed by atoms with E-state index in [1.165, 1.54) is 59.6 Å². The maximum absolute atomic E-state index is 2.55. The third-order valence-electron chi connectivity index (χ3n) is 9.89. The Bertz CT molecular complexity index is 2230. The molecule has 0 aliphatic heterocycles. The average molecular weight is 749 g/mol. The van der Waals surface area contributed by atoms with Gasteiger partial charge in [-0.3, -0.25) is 0 Å². The van der Waals surface area contributed by atoms with Gasteiger partial charge in [0, 0.05) is 18.5 Å². The molecule has 8 rings (SSSR count). The van der Waals surface area contributed by atoms with E-state index in [0.717, 1.165) is 18.5 Å². The standard InChI is InChI=1S/C51H43P3/c1-7-22-44(23-8-1)52(45-24-9-2-10-25-45)38-41-35-36-43(40-54(48-30-15-5-16-31-48)49-32-17-6-18-33-49)51(37-41)50-34-20-19-21-42(50)39-53(46-26-11-3-12-27-46)47-28-13-4-14-29-47/h1-37H,38-40H2. The SMILES string of the molecule is c1ccc(P(Cc2ccc(CP(c3ccccc3)c3ccccc3)c(-c3ccccc3CP(c3ccccc3)c3ccccc3)c2)c2ccccc2)cc1. The van der Waals surface area contributed by atoms with E-state index in [-0.39, 0.29) is 0 Å². The van der Waals surface area contributed by atoms with Gasteiger partial charge in [0.05, 0.1) is 0 Å². The van der Waals surface area contributed by atoms with Crippen LogP contribution in [0.15, 0.2) is 224 Å². The van der Waals surface area contributed by atoms with Crippen molar-refractivity contribution in [1.82, 2.24) is 0 Å². The van der Waals surface area contributed by atoms with Crippen molar-refractivity contribution in [2.45, 2.75) is 18.5 Å². The Morgan fingerprint density at radius 3 is 0.907 bits per heavy atom. The third kappa shape index (κ3) is 8.71. The van der Waals surface area contributed by atoms with Gasteiger partial charge in [0.1, 0.15) is 0 Å². The molecular formula is C51H43P3.